The molecule has 0 fully saturated rings. The van der Waals surface area contributed by atoms with E-state index < -0.39 is 21.6 Å². The number of pyridine rings is 1. The average molecular weight is 387 g/mol. The Kier molecular flexibility index (Phi) is 5.65. The maximum atomic E-state index is 13.0. The zero-order valence-corrected chi connectivity index (χ0v) is 15.7. The minimum atomic E-state index is -4.53. The van der Waals surface area contributed by atoms with Gasteiger partial charge in [0.25, 0.3) is 0 Å². The number of alkyl halides is 3. The van der Waals surface area contributed by atoms with E-state index in [2.05, 4.69) is 4.98 Å². The molecular weight excluding hydrogens is 367 g/mol. The first-order chi connectivity index (χ1) is 11.9. The third-order valence-electron chi connectivity index (χ3n) is 3.57. The van der Waals surface area contributed by atoms with Crippen LogP contribution in [0.3, 0.4) is 0 Å². The lowest BCUT2D eigenvalue weighted by Crippen LogP contribution is -2.13. The molecule has 0 atom stereocenters. The maximum absolute atomic E-state index is 13.0. The van der Waals surface area contributed by atoms with Crippen molar-refractivity contribution in [2.45, 2.75) is 43.7 Å². The molecule has 26 heavy (non-hydrogen) atoms. The Morgan fingerprint density at radius 3 is 2.19 bits per heavy atom. The third-order valence-corrected chi connectivity index (χ3v) is 5.50. The summed E-state index contributed by atoms with van der Waals surface area (Å²) in [6, 6.07) is 4.99. The first-order valence-corrected chi connectivity index (χ1v) is 9.44. The van der Waals surface area contributed by atoms with E-state index in [-0.39, 0.29) is 28.2 Å². The van der Waals surface area contributed by atoms with E-state index in [1.807, 2.05) is 13.8 Å². The van der Waals surface area contributed by atoms with Crippen molar-refractivity contribution in [1.82, 2.24) is 4.98 Å². The maximum Gasteiger partial charge on any atom is 0.416 e. The van der Waals surface area contributed by atoms with E-state index in [9.17, 15) is 21.6 Å². The van der Waals surface area contributed by atoms with Gasteiger partial charge < -0.3 is 4.74 Å². The molecule has 0 saturated carbocycles. The van der Waals surface area contributed by atoms with Gasteiger partial charge in [0.1, 0.15) is 4.90 Å². The van der Waals surface area contributed by atoms with E-state index in [4.69, 9.17) is 4.74 Å². The summed E-state index contributed by atoms with van der Waals surface area (Å²) >= 11 is 0. The fourth-order valence-electron chi connectivity index (χ4n) is 2.40. The highest BCUT2D eigenvalue weighted by Gasteiger charge is 2.32. The molecule has 0 aliphatic heterocycles. The van der Waals surface area contributed by atoms with E-state index in [1.165, 1.54) is 0 Å². The number of hydrogen-bond acceptors (Lipinski definition) is 4. The van der Waals surface area contributed by atoms with Crippen molar-refractivity contribution in [1.29, 1.82) is 0 Å². The molecule has 0 amide bonds. The Morgan fingerprint density at radius 1 is 1.12 bits per heavy atom. The van der Waals surface area contributed by atoms with Crippen LogP contribution in [-0.2, 0) is 16.0 Å². The van der Waals surface area contributed by atoms with E-state index in [0.29, 0.717) is 11.3 Å². The van der Waals surface area contributed by atoms with Gasteiger partial charge in [0.05, 0.1) is 17.1 Å². The van der Waals surface area contributed by atoms with Crippen LogP contribution in [0.4, 0.5) is 13.2 Å². The van der Waals surface area contributed by atoms with Gasteiger partial charge in [-0.05, 0) is 55.7 Å². The highest BCUT2D eigenvalue weighted by Crippen LogP contribution is 2.34. The highest BCUT2D eigenvalue weighted by atomic mass is 32.2. The van der Waals surface area contributed by atoms with Crippen molar-refractivity contribution in [2.75, 3.05) is 6.61 Å². The predicted molar refractivity (Wildman–Crippen MR) is 90.9 cm³/mol. The molecule has 0 spiro atoms. The lowest BCUT2D eigenvalue weighted by Gasteiger charge is -2.16. The summed E-state index contributed by atoms with van der Waals surface area (Å²) in [6.45, 7) is 7.41. The van der Waals surface area contributed by atoms with Crippen LogP contribution < -0.4 is 4.74 Å². The molecule has 0 radical (unpaired) electrons. The molecule has 0 saturated heterocycles. The van der Waals surface area contributed by atoms with Crippen molar-refractivity contribution >= 4 is 9.84 Å². The highest BCUT2D eigenvalue weighted by molar-refractivity contribution is 7.91. The normalized spacial score (nSPS) is 12.5. The molecule has 2 aromatic rings. The zero-order chi connectivity index (χ0) is 19.7. The predicted octanol–water partition coefficient (Wildman–Crippen LogP) is 4.58. The molecule has 0 aliphatic rings. The molecule has 0 bridgehead atoms. The number of rotatable bonds is 5. The number of sulfone groups is 1. The van der Waals surface area contributed by atoms with Crippen LogP contribution in [0.2, 0.25) is 0 Å². The molecule has 4 nitrogen and oxygen atoms in total. The molecule has 0 aliphatic carbocycles. The smallest absolute Gasteiger partial charge is 0.416 e. The lowest BCUT2D eigenvalue weighted by molar-refractivity contribution is -0.137. The molecule has 2 rings (SSSR count). The molecule has 0 N–H and O–H groups in total. The van der Waals surface area contributed by atoms with Crippen LogP contribution in [0.15, 0.2) is 40.1 Å². The van der Waals surface area contributed by atoms with Gasteiger partial charge in [-0.15, -0.1) is 0 Å². The number of aryl methyl sites for hydroxylation is 2. The van der Waals surface area contributed by atoms with Gasteiger partial charge in [-0.2, -0.15) is 13.2 Å². The first kappa shape index (κ1) is 20.2. The summed E-state index contributed by atoms with van der Waals surface area (Å²) in [5.41, 5.74) is 0.107. The van der Waals surface area contributed by atoms with Crippen LogP contribution in [-0.4, -0.2) is 20.0 Å². The van der Waals surface area contributed by atoms with Crippen molar-refractivity contribution in [2.24, 2.45) is 5.92 Å². The monoisotopic (exact) mass is 387 g/mol. The number of halogens is 3. The Morgan fingerprint density at radius 2 is 1.69 bits per heavy atom. The second-order valence-electron chi connectivity index (χ2n) is 6.45. The van der Waals surface area contributed by atoms with Crippen LogP contribution in [0.5, 0.6) is 5.88 Å². The average Bonchev–Trinajstić information content (AvgIpc) is 2.51. The number of nitrogens with zero attached hydrogens (tertiary/aromatic N) is 1. The molecule has 142 valence electrons. The standard InChI is InChI=1S/C18H20F3NO3S/c1-11(2)10-25-17-16(12(3)9-13(4)22-17)26(23,24)15-7-5-14(6-8-15)18(19,20)21/h5-9,11H,10H2,1-4H3. The largest absolute Gasteiger partial charge is 0.476 e. The Hall–Kier alpha value is -2.09. The minimum absolute atomic E-state index is 0.0314. The summed E-state index contributed by atoms with van der Waals surface area (Å²) in [7, 11) is -4.08. The molecule has 8 heteroatoms. The molecule has 1 heterocycles. The van der Waals surface area contributed by atoms with E-state index in [1.54, 1.807) is 19.9 Å². The van der Waals surface area contributed by atoms with Crippen molar-refractivity contribution in [3.63, 3.8) is 0 Å². The fourth-order valence-corrected chi connectivity index (χ4v) is 3.95. The summed E-state index contributed by atoms with van der Waals surface area (Å²) in [5, 5.41) is 0. The Bertz CT molecular complexity index is 889. The molecule has 0 unspecified atom stereocenters. The first-order valence-electron chi connectivity index (χ1n) is 7.96. The Labute approximate surface area is 150 Å². The molecular formula is C18H20F3NO3S. The van der Waals surface area contributed by atoms with Gasteiger partial charge in [-0.1, -0.05) is 13.8 Å². The van der Waals surface area contributed by atoms with Gasteiger partial charge in [0.15, 0.2) is 0 Å². The van der Waals surface area contributed by atoms with Gasteiger partial charge in [0.2, 0.25) is 15.7 Å². The van der Waals surface area contributed by atoms with E-state index >= 15 is 0 Å². The second kappa shape index (κ2) is 7.26. The van der Waals surface area contributed by atoms with Gasteiger partial charge >= 0.3 is 6.18 Å². The van der Waals surface area contributed by atoms with Gasteiger partial charge in [-0.25, -0.2) is 13.4 Å². The zero-order valence-electron chi connectivity index (χ0n) is 14.9. The topological polar surface area (TPSA) is 56.3 Å². The third kappa shape index (κ3) is 4.35. The van der Waals surface area contributed by atoms with Crippen LogP contribution >= 0.6 is 0 Å². The van der Waals surface area contributed by atoms with Gasteiger partial charge in [0, 0.05) is 5.69 Å². The number of aromatic nitrogens is 1. The second-order valence-corrected chi connectivity index (χ2v) is 8.33. The SMILES string of the molecule is Cc1cc(C)c(S(=O)(=O)c2ccc(C(F)(F)F)cc2)c(OCC(C)C)n1. The quantitative estimate of drug-likeness (QED) is 0.753. The summed E-state index contributed by atoms with van der Waals surface area (Å²) in [5.74, 6) is 0.121. The lowest BCUT2D eigenvalue weighted by atomic mass is 10.2. The summed E-state index contributed by atoms with van der Waals surface area (Å²) < 4.78 is 69.7. The Balaban J connectivity index is 2.55. The van der Waals surface area contributed by atoms with Crippen molar-refractivity contribution in [3.05, 3.63) is 47.2 Å². The molecule has 1 aromatic heterocycles. The van der Waals surface area contributed by atoms with Crippen molar-refractivity contribution < 1.29 is 26.3 Å². The van der Waals surface area contributed by atoms with Crippen molar-refractivity contribution in [3.8, 4) is 5.88 Å². The van der Waals surface area contributed by atoms with Gasteiger partial charge in [-0.3, -0.25) is 0 Å². The summed E-state index contributed by atoms with van der Waals surface area (Å²) in [4.78, 5) is 3.81. The summed E-state index contributed by atoms with van der Waals surface area (Å²) in [6.07, 6.45) is -4.53. The molecule has 1 aromatic carbocycles. The fraction of sp³-hybridized carbons (Fsp3) is 0.389. The number of ether oxygens (including phenoxy) is 1. The van der Waals surface area contributed by atoms with Crippen LogP contribution in [0, 0.1) is 19.8 Å². The minimum Gasteiger partial charge on any atom is -0.476 e. The van der Waals surface area contributed by atoms with E-state index in [0.717, 1.165) is 24.3 Å². The van der Waals surface area contributed by atoms with Crippen LogP contribution in [0.25, 0.3) is 0 Å². The van der Waals surface area contributed by atoms with Crippen LogP contribution in [0.1, 0.15) is 30.7 Å². The number of benzene rings is 1. The number of hydrogen-bond donors (Lipinski definition) is 0.